The molecule has 212 valence electrons. The van der Waals surface area contributed by atoms with Crippen LogP contribution in [0.25, 0.3) is 0 Å². The summed E-state index contributed by atoms with van der Waals surface area (Å²) >= 11 is 0. The number of rotatable bonds is 16. The first kappa shape index (κ1) is 31.7. The highest BCUT2D eigenvalue weighted by molar-refractivity contribution is 5.91. The number of nitrogens with one attached hydrogen (secondary N) is 2. The Labute approximate surface area is 230 Å². The third kappa shape index (κ3) is 11.4. The van der Waals surface area contributed by atoms with E-state index in [0.717, 1.165) is 11.1 Å². The van der Waals surface area contributed by atoms with Gasteiger partial charge in [0.05, 0.1) is 13.2 Å². The summed E-state index contributed by atoms with van der Waals surface area (Å²) in [6, 6.07) is 15.9. The lowest BCUT2D eigenvalue weighted by Gasteiger charge is -2.23. The van der Waals surface area contributed by atoms with E-state index >= 15 is 0 Å². The highest BCUT2D eigenvalue weighted by atomic mass is 16.6. The van der Waals surface area contributed by atoms with E-state index in [2.05, 4.69) is 10.6 Å². The molecule has 4 atom stereocenters. The molecular weight excluding hydrogens is 500 g/mol. The van der Waals surface area contributed by atoms with Gasteiger partial charge >= 0.3 is 23.9 Å². The highest BCUT2D eigenvalue weighted by Crippen LogP contribution is 2.10. The van der Waals surface area contributed by atoms with E-state index in [-0.39, 0.29) is 13.2 Å². The van der Waals surface area contributed by atoms with Crippen LogP contribution in [0.3, 0.4) is 0 Å². The molecule has 0 unspecified atom stereocenters. The Morgan fingerprint density at radius 2 is 0.974 bits per heavy atom. The number of hydrogen-bond donors (Lipinski definition) is 2. The van der Waals surface area contributed by atoms with Crippen LogP contribution in [-0.2, 0) is 46.2 Å². The molecule has 0 radical (unpaired) electrons. The summed E-state index contributed by atoms with van der Waals surface area (Å²) in [6.07, 6.45) is 1.98. The molecule has 0 heterocycles. The number of ether oxygens (including phenoxy) is 3. The van der Waals surface area contributed by atoms with E-state index in [1.165, 1.54) is 13.8 Å². The average molecular weight is 541 g/mol. The molecule has 0 spiro atoms. The van der Waals surface area contributed by atoms with Crippen molar-refractivity contribution in [1.82, 2.24) is 10.6 Å². The molecule has 0 amide bonds. The smallest absolute Gasteiger partial charge is 0.330 e. The van der Waals surface area contributed by atoms with Crippen LogP contribution in [0, 0.1) is 0 Å². The summed E-state index contributed by atoms with van der Waals surface area (Å²) in [5.74, 6) is -2.63. The van der Waals surface area contributed by atoms with Crippen molar-refractivity contribution in [3.63, 3.8) is 0 Å². The fourth-order valence-corrected chi connectivity index (χ4v) is 3.95. The van der Waals surface area contributed by atoms with Crippen LogP contribution in [0.15, 0.2) is 60.7 Å². The first-order valence-electron chi connectivity index (χ1n) is 13.4. The lowest BCUT2D eigenvalue weighted by Crippen LogP contribution is -2.50. The predicted molar refractivity (Wildman–Crippen MR) is 147 cm³/mol. The number of benzene rings is 2. The van der Waals surface area contributed by atoms with Gasteiger partial charge in [-0.1, -0.05) is 60.7 Å². The zero-order valence-corrected chi connectivity index (χ0v) is 23.2. The van der Waals surface area contributed by atoms with Crippen LogP contribution in [0.5, 0.6) is 0 Å². The Morgan fingerprint density at radius 3 is 1.31 bits per heavy atom. The molecule has 9 nitrogen and oxygen atoms in total. The van der Waals surface area contributed by atoms with Gasteiger partial charge in [0.2, 0.25) is 0 Å². The molecule has 9 heteroatoms. The first-order chi connectivity index (χ1) is 18.7. The molecule has 2 rings (SSSR count). The number of hydrogen-bond acceptors (Lipinski definition) is 9. The topological polar surface area (TPSA) is 120 Å². The molecule has 0 bridgehead atoms. The Bertz CT molecular complexity index is 962. The maximum absolute atomic E-state index is 12.7. The van der Waals surface area contributed by atoms with Crippen LogP contribution >= 0.6 is 0 Å². The molecule has 39 heavy (non-hydrogen) atoms. The van der Waals surface area contributed by atoms with Crippen LogP contribution in [0.4, 0.5) is 0 Å². The number of esters is 4. The minimum absolute atomic E-state index is 0.203. The highest BCUT2D eigenvalue weighted by Gasteiger charge is 2.30. The maximum atomic E-state index is 12.7. The van der Waals surface area contributed by atoms with E-state index < -0.39 is 48.0 Å². The summed E-state index contributed by atoms with van der Waals surface area (Å²) in [5, 5.41) is 5.87. The third-order valence-electron chi connectivity index (χ3n) is 6.08. The maximum Gasteiger partial charge on any atom is 0.330 e. The van der Waals surface area contributed by atoms with Gasteiger partial charge in [-0.3, -0.25) is 20.2 Å². The van der Waals surface area contributed by atoms with Gasteiger partial charge in [-0.05, 0) is 64.5 Å². The number of carbonyl (C=O) groups is 4. The fourth-order valence-electron chi connectivity index (χ4n) is 3.95. The van der Waals surface area contributed by atoms with Crippen LogP contribution in [-0.4, -0.2) is 61.3 Å². The van der Waals surface area contributed by atoms with Crippen molar-refractivity contribution in [1.29, 1.82) is 0 Å². The van der Waals surface area contributed by atoms with Crippen molar-refractivity contribution in [3.8, 4) is 0 Å². The molecule has 2 N–H and O–H groups in total. The van der Waals surface area contributed by atoms with Gasteiger partial charge in [0, 0.05) is 0 Å². The molecule has 0 fully saturated rings. The predicted octanol–water partition coefficient (Wildman–Crippen LogP) is 3.14. The summed E-state index contributed by atoms with van der Waals surface area (Å²) in [4.78, 5) is 50.4. The lowest BCUT2D eigenvalue weighted by molar-refractivity contribution is -0.162. The standard InChI is InChI=1S/C30H40N2O7/c1-5-37-29(35)25(19-17-23-13-9-7-10-14-23)31-21(3)27(33)39-28(34)22(4)32-26(30(36)38-6-2)20-18-24-15-11-8-12-16-24/h7-16,21-22,25-26,31-32H,5-6,17-20H2,1-4H3/t21-,22-,25-,26-/m0/s1. The van der Waals surface area contributed by atoms with E-state index in [1.807, 2.05) is 60.7 Å². The van der Waals surface area contributed by atoms with Crippen molar-refractivity contribution in [3.05, 3.63) is 71.8 Å². The number of carbonyl (C=O) groups excluding carboxylic acids is 4. The Hall–Kier alpha value is -3.56. The van der Waals surface area contributed by atoms with Crippen LogP contribution in [0.1, 0.15) is 51.7 Å². The largest absolute Gasteiger partial charge is 0.465 e. The minimum Gasteiger partial charge on any atom is -0.465 e. The zero-order chi connectivity index (χ0) is 28.6. The van der Waals surface area contributed by atoms with E-state index in [4.69, 9.17) is 14.2 Å². The quantitative estimate of drug-likeness (QED) is 0.188. The van der Waals surface area contributed by atoms with Crippen molar-refractivity contribution in [2.75, 3.05) is 13.2 Å². The molecule has 0 aromatic heterocycles. The van der Waals surface area contributed by atoms with Gasteiger partial charge in [0.25, 0.3) is 0 Å². The second-order valence-corrected chi connectivity index (χ2v) is 9.17. The Balaban J connectivity index is 1.95. The van der Waals surface area contributed by atoms with E-state index in [1.54, 1.807) is 13.8 Å². The Kier molecular flexibility index (Phi) is 13.9. The second-order valence-electron chi connectivity index (χ2n) is 9.17. The summed E-state index contributed by atoms with van der Waals surface area (Å²) in [5.41, 5.74) is 2.09. The molecule has 2 aromatic carbocycles. The molecule has 0 saturated heterocycles. The minimum atomic E-state index is -0.953. The monoisotopic (exact) mass is 540 g/mol. The van der Waals surface area contributed by atoms with Crippen molar-refractivity contribution >= 4 is 23.9 Å². The van der Waals surface area contributed by atoms with Gasteiger partial charge in [-0.15, -0.1) is 0 Å². The zero-order valence-electron chi connectivity index (χ0n) is 23.2. The molecule has 0 aliphatic heterocycles. The third-order valence-corrected chi connectivity index (χ3v) is 6.08. The van der Waals surface area contributed by atoms with Crippen LogP contribution < -0.4 is 10.6 Å². The normalized spacial score (nSPS) is 13.9. The molecule has 0 aliphatic rings. The fraction of sp³-hybridized carbons (Fsp3) is 0.467. The summed E-state index contributed by atoms with van der Waals surface area (Å²) in [7, 11) is 0. The van der Waals surface area contributed by atoms with Crippen LogP contribution in [0.2, 0.25) is 0 Å². The summed E-state index contributed by atoms with van der Waals surface area (Å²) < 4.78 is 15.4. The lowest BCUT2D eigenvalue weighted by atomic mass is 10.0. The van der Waals surface area contributed by atoms with Crippen molar-refractivity contribution < 1.29 is 33.4 Å². The second kappa shape index (κ2) is 17.1. The van der Waals surface area contributed by atoms with Gasteiger partial charge in [0.1, 0.15) is 24.2 Å². The Morgan fingerprint density at radius 1 is 0.615 bits per heavy atom. The van der Waals surface area contributed by atoms with Gasteiger partial charge in [0.15, 0.2) is 0 Å². The number of aryl methyl sites for hydroxylation is 2. The molecule has 0 aliphatic carbocycles. The van der Waals surface area contributed by atoms with Gasteiger partial charge in [-0.2, -0.15) is 0 Å². The molecular formula is C30H40N2O7. The van der Waals surface area contributed by atoms with E-state index in [0.29, 0.717) is 25.7 Å². The molecule has 2 aromatic rings. The SMILES string of the molecule is CCOC(=O)[C@H](CCc1ccccc1)N[C@@H](C)C(=O)OC(=O)[C@H](C)N[C@@H](CCc1ccccc1)C(=O)OCC. The molecule has 0 saturated carbocycles. The average Bonchev–Trinajstić information content (AvgIpc) is 2.94. The van der Waals surface area contributed by atoms with E-state index in [9.17, 15) is 19.2 Å². The first-order valence-corrected chi connectivity index (χ1v) is 13.4. The van der Waals surface area contributed by atoms with Crippen molar-refractivity contribution in [2.45, 2.75) is 77.5 Å². The summed E-state index contributed by atoms with van der Waals surface area (Å²) in [6.45, 7) is 6.86. The van der Waals surface area contributed by atoms with Crippen molar-refractivity contribution in [2.24, 2.45) is 0 Å². The van der Waals surface area contributed by atoms with Gasteiger partial charge < -0.3 is 14.2 Å². The van der Waals surface area contributed by atoms with Gasteiger partial charge in [-0.25, -0.2) is 9.59 Å².